The van der Waals surface area contributed by atoms with Crippen molar-refractivity contribution in [3.8, 4) is 17.2 Å². The maximum atomic E-state index is 13.6. The number of piperidine rings is 1. The van der Waals surface area contributed by atoms with Crippen LogP contribution in [0.15, 0.2) is 48.7 Å². The van der Waals surface area contributed by atoms with Crippen molar-refractivity contribution in [2.75, 3.05) is 19.3 Å². The lowest BCUT2D eigenvalue weighted by Crippen LogP contribution is -2.42. The zero-order valence-corrected chi connectivity index (χ0v) is 20.4. The third-order valence-corrected chi connectivity index (χ3v) is 9.00. The van der Waals surface area contributed by atoms with Gasteiger partial charge in [-0.15, -0.1) is 0 Å². The quantitative estimate of drug-likeness (QED) is 0.522. The zero-order chi connectivity index (χ0) is 24.1. The number of pyridine rings is 1. The first-order valence-corrected chi connectivity index (χ1v) is 13.6. The van der Waals surface area contributed by atoms with Crippen LogP contribution in [0.4, 0.5) is 0 Å². The van der Waals surface area contributed by atoms with Crippen molar-refractivity contribution in [1.29, 1.82) is 5.26 Å². The van der Waals surface area contributed by atoms with E-state index in [1.807, 2.05) is 36.4 Å². The van der Waals surface area contributed by atoms with Crippen LogP contribution >= 0.6 is 11.6 Å². The molecule has 1 aliphatic carbocycles. The van der Waals surface area contributed by atoms with Crippen LogP contribution in [0.3, 0.4) is 0 Å². The van der Waals surface area contributed by atoms with Crippen LogP contribution in [0.1, 0.15) is 41.6 Å². The maximum absolute atomic E-state index is 13.6. The topological polar surface area (TPSA) is 91.1 Å². The minimum atomic E-state index is -3.13. The van der Waals surface area contributed by atoms with Crippen LogP contribution in [0.2, 0.25) is 5.02 Å². The van der Waals surface area contributed by atoms with E-state index < -0.39 is 15.1 Å². The number of carbonyl (C=O) groups is 1. The van der Waals surface area contributed by atoms with E-state index in [2.05, 4.69) is 11.1 Å². The van der Waals surface area contributed by atoms with Crippen LogP contribution in [-0.4, -0.2) is 48.8 Å². The lowest BCUT2D eigenvalue weighted by molar-refractivity contribution is 0.0726. The molecule has 174 valence electrons. The van der Waals surface area contributed by atoms with Gasteiger partial charge in [0, 0.05) is 41.5 Å². The van der Waals surface area contributed by atoms with Crippen LogP contribution < -0.4 is 0 Å². The van der Waals surface area contributed by atoms with E-state index in [4.69, 9.17) is 11.6 Å². The number of nitrogens with zero attached hydrogens (tertiary/aromatic N) is 3. The molecule has 34 heavy (non-hydrogen) atoms. The molecule has 6 nitrogen and oxygen atoms in total. The minimum Gasteiger partial charge on any atom is -0.338 e. The second-order valence-electron chi connectivity index (χ2n) is 9.30. The Morgan fingerprint density at radius 2 is 1.82 bits per heavy atom. The van der Waals surface area contributed by atoms with Gasteiger partial charge in [0.05, 0.1) is 27.8 Å². The van der Waals surface area contributed by atoms with Gasteiger partial charge in [-0.25, -0.2) is 8.42 Å². The highest BCUT2D eigenvalue weighted by atomic mass is 35.5. The highest BCUT2D eigenvalue weighted by Gasteiger charge is 2.44. The van der Waals surface area contributed by atoms with E-state index >= 15 is 0 Å². The molecule has 1 amide bonds. The molecule has 2 heterocycles. The molecule has 0 spiro atoms. The van der Waals surface area contributed by atoms with Crippen molar-refractivity contribution in [3.05, 3.63) is 64.8 Å². The summed E-state index contributed by atoms with van der Waals surface area (Å²) < 4.78 is 23.9. The van der Waals surface area contributed by atoms with Crippen molar-refractivity contribution in [2.45, 2.75) is 36.3 Å². The predicted octanol–water partition coefficient (Wildman–Crippen LogP) is 4.76. The summed E-state index contributed by atoms with van der Waals surface area (Å²) in [4.78, 5) is 19.8. The Morgan fingerprint density at radius 1 is 1.15 bits per heavy atom. The smallest absolute Gasteiger partial charge is 0.256 e. The second-order valence-corrected chi connectivity index (χ2v) is 12.1. The number of benzene rings is 2. The highest BCUT2D eigenvalue weighted by Crippen LogP contribution is 2.48. The molecule has 8 heteroatoms. The lowest BCUT2D eigenvalue weighted by Gasteiger charge is -2.31. The van der Waals surface area contributed by atoms with Gasteiger partial charge in [0.2, 0.25) is 0 Å². The molecule has 5 rings (SSSR count). The molecule has 2 aromatic carbocycles. The number of likely N-dealkylation sites (tertiary alicyclic amines) is 1. The normalized spacial score (nSPS) is 18.0. The summed E-state index contributed by atoms with van der Waals surface area (Å²) in [6, 6.07) is 15.7. The maximum Gasteiger partial charge on any atom is 0.256 e. The largest absolute Gasteiger partial charge is 0.338 e. The fraction of sp³-hybridized carbons (Fsp3) is 0.346. The van der Waals surface area contributed by atoms with Crippen LogP contribution in [0, 0.1) is 11.3 Å². The molecule has 0 atom stereocenters. The number of carbonyl (C=O) groups excluding carboxylic acids is 1. The van der Waals surface area contributed by atoms with Crippen molar-refractivity contribution < 1.29 is 13.2 Å². The van der Waals surface area contributed by atoms with Gasteiger partial charge in [-0.1, -0.05) is 35.9 Å². The molecule has 2 fully saturated rings. The number of hydrogen-bond donors (Lipinski definition) is 0. The number of amides is 1. The first kappa shape index (κ1) is 22.8. The third kappa shape index (κ3) is 4.06. The van der Waals surface area contributed by atoms with Crippen molar-refractivity contribution in [3.63, 3.8) is 0 Å². The molecule has 0 N–H and O–H groups in total. The van der Waals surface area contributed by atoms with Gasteiger partial charge < -0.3 is 4.90 Å². The Balaban J connectivity index is 1.56. The van der Waals surface area contributed by atoms with E-state index in [-0.39, 0.29) is 11.3 Å². The summed E-state index contributed by atoms with van der Waals surface area (Å²) >= 11 is 6.31. The Labute approximate surface area is 204 Å². The Kier molecular flexibility index (Phi) is 5.62. The first-order chi connectivity index (χ1) is 16.2. The van der Waals surface area contributed by atoms with Crippen LogP contribution in [-0.2, 0) is 15.3 Å². The number of rotatable bonds is 4. The van der Waals surface area contributed by atoms with Crippen molar-refractivity contribution in [2.24, 2.45) is 0 Å². The molecule has 0 unspecified atom stereocenters. The summed E-state index contributed by atoms with van der Waals surface area (Å²) in [6.45, 7) is 0.764. The lowest BCUT2D eigenvalue weighted by atomic mass is 9.91. The second kappa shape index (κ2) is 8.37. The summed E-state index contributed by atoms with van der Waals surface area (Å²) in [5, 5.41) is 10.5. The Hall–Kier alpha value is -2.95. The summed E-state index contributed by atoms with van der Waals surface area (Å²) in [7, 11) is -3.13. The van der Waals surface area contributed by atoms with Crippen LogP contribution in [0.5, 0.6) is 0 Å². The summed E-state index contributed by atoms with van der Waals surface area (Å²) in [5.41, 5.74) is 3.39. The number of halogens is 1. The number of nitriles is 1. The molecule has 1 aromatic heterocycles. The fourth-order valence-electron chi connectivity index (χ4n) is 4.84. The molecule has 2 aliphatic rings. The zero-order valence-electron chi connectivity index (χ0n) is 18.8. The van der Waals surface area contributed by atoms with E-state index in [1.54, 1.807) is 17.2 Å². The molecule has 0 bridgehead atoms. The molecule has 1 aliphatic heterocycles. The van der Waals surface area contributed by atoms with Gasteiger partial charge in [0.25, 0.3) is 5.91 Å². The van der Waals surface area contributed by atoms with E-state index in [9.17, 15) is 18.5 Å². The van der Waals surface area contributed by atoms with Crippen molar-refractivity contribution >= 4 is 38.2 Å². The van der Waals surface area contributed by atoms with Gasteiger partial charge in [-0.3, -0.25) is 9.78 Å². The minimum absolute atomic E-state index is 0.170. The highest BCUT2D eigenvalue weighted by molar-refractivity contribution is 7.91. The monoisotopic (exact) mass is 493 g/mol. The Morgan fingerprint density at radius 3 is 2.41 bits per heavy atom. The number of sulfone groups is 1. The van der Waals surface area contributed by atoms with Gasteiger partial charge in [-0.05, 0) is 55.0 Å². The van der Waals surface area contributed by atoms with E-state index in [1.165, 1.54) is 6.26 Å². The molecule has 1 saturated carbocycles. The summed E-state index contributed by atoms with van der Waals surface area (Å²) in [5.74, 6) is -0.170. The number of fused-ring (bicyclic) bond motifs is 1. The van der Waals surface area contributed by atoms with Gasteiger partial charge in [-0.2, -0.15) is 5.26 Å². The van der Waals surface area contributed by atoms with E-state index in [0.717, 1.165) is 40.4 Å². The van der Waals surface area contributed by atoms with Crippen LogP contribution in [0.25, 0.3) is 22.0 Å². The average molecular weight is 494 g/mol. The SMILES string of the molecule is CS(=O)(=O)C1CCN(C(=O)c2cnc3ccc(Cl)cc3c2-c2ccc(C3(C#N)CC3)cc2)CC1. The van der Waals surface area contributed by atoms with E-state index in [0.29, 0.717) is 36.5 Å². The molecular formula is C26H24ClN3O3S. The Bertz CT molecular complexity index is 1430. The van der Waals surface area contributed by atoms with Gasteiger partial charge in [0.15, 0.2) is 0 Å². The fourth-order valence-corrected chi connectivity index (χ4v) is 6.08. The number of aromatic nitrogens is 1. The predicted molar refractivity (Wildman–Crippen MR) is 132 cm³/mol. The summed E-state index contributed by atoms with van der Waals surface area (Å²) in [6.07, 6.45) is 5.44. The van der Waals surface area contributed by atoms with Gasteiger partial charge in [0.1, 0.15) is 9.84 Å². The molecule has 1 saturated heterocycles. The average Bonchev–Trinajstić information content (AvgIpc) is 3.64. The number of hydrogen-bond acceptors (Lipinski definition) is 5. The van der Waals surface area contributed by atoms with Gasteiger partial charge >= 0.3 is 0 Å². The third-order valence-electron chi connectivity index (χ3n) is 7.09. The molecular weight excluding hydrogens is 470 g/mol. The molecule has 3 aromatic rings. The first-order valence-electron chi connectivity index (χ1n) is 11.3. The molecule has 0 radical (unpaired) electrons. The standard InChI is InChI=1S/C26H24ClN3O3S/c1-34(32,33)20-8-12-30(13-9-20)25(31)22-15-29-23-7-6-19(27)14-21(23)24(22)17-2-4-18(5-3-17)26(16-28)10-11-26/h2-7,14-15,20H,8-13H2,1H3. The van der Waals surface area contributed by atoms with Crippen molar-refractivity contribution in [1.82, 2.24) is 9.88 Å².